The molecule has 0 saturated carbocycles. The van der Waals surface area contributed by atoms with Gasteiger partial charge in [0.15, 0.2) is 5.82 Å². The highest BCUT2D eigenvalue weighted by molar-refractivity contribution is 5.91. The standard InChI is InChI=1S/C29H31N7O/c1-31-24-9-4-10-26-23(24)18-33-36(26)13-5-7-21-17-32-28(25(19-37)34-21)35-14-11-29(12-15-35)16-20-6-2-3-8-22(20)27(29)30/h2-4,6,8-10,17-18,27,31,37H,11-16,19,30H2,1H3. The van der Waals surface area contributed by atoms with E-state index in [2.05, 4.69) is 61.4 Å². The van der Waals surface area contributed by atoms with Gasteiger partial charge in [-0.2, -0.15) is 5.10 Å². The van der Waals surface area contributed by atoms with Crippen LogP contribution in [0.1, 0.15) is 41.4 Å². The highest BCUT2D eigenvalue weighted by Crippen LogP contribution is 2.51. The van der Waals surface area contributed by atoms with E-state index in [1.807, 2.05) is 36.1 Å². The Kier molecular flexibility index (Phi) is 6.03. The van der Waals surface area contributed by atoms with Crippen LogP contribution in [-0.4, -0.2) is 45.0 Å². The predicted molar refractivity (Wildman–Crippen MR) is 145 cm³/mol. The van der Waals surface area contributed by atoms with E-state index in [1.165, 1.54) is 11.1 Å². The van der Waals surface area contributed by atoms with Crippen molar-refractivity contribution in [2.24, 2.45) is 11.1 Å². The molecule has 2 aliphatic rings. The Bertz CT molecular complexity index is 1510. The molecule has 3 heterocycles. The van der Waals surface area contributed by atoms with Gasteiger partial charge in [-0.25, -0.2) is 9.97 Å². The number of hydrogen-bond donors (Lipinski definition) is 3. The highest BCUT2D eigenvalue weighted by atomic mass is 16.3. The molecule has 1 unspecified atom stereocenters. The van der Waals surface area contributed by atoms with E-state index in [1.54, 1.807) is 6.20 Å². The summed E-state index contributed by atoms with van der Waals surface area (Å²) in [4.78, 5) is 11.5. The number of hydrogen-bond acceptors (Lipinski definition) is 7. The van der Waals surface area contributed by atoms with Gasteiger partial charge in [-0.15, -0.1) is 0 Å². The van der Waals surface area contributed by atoms with Crippen LogP contribution >= 0.6 is 0 Å². The Labute approximate surface area is 216 Å². The second-order valence-corrected chi connectivity index (χ2v) is 9.98. The smallest absolute Gasteiger partial charge is 0.152 e. The van der Waals surface area contributed by atoms with Crippen molar-refractivity contribution in [1.29, 1.82) is 0 Å². The molecule has 0 bridgehead atoms. The lowest BCUT2D eigenvalue weighted by molar-refractivity contribution is 0.186. The van der Waals surface area contributed by atoms with Crippen molar-refractivity contribution in [2.45, 2.75) is 38.5 Å². The number of rotatable bonds is 4. The van der Waals surface area contributed by atoms with E-state index in [0.717, 1.165) is 54.8 Å². The van der Waals surface area contributed by atoms with Crippen LogP contribution in [-0.2, 0) is 19.6 Å². The molecular weight excluding hydrogens is 462 g/mol. The number of anilines is 2. The minimum atomic E-state index is -0.180. The summed E-state index contributed by atoms with van der Waals surface area (Å²) < 4.78 is 1.87. The van der Waals surface area contributed by atoms with E-state index >= 15 is 0 Å². The fraction of sp³-hybridized carbons (Fsp3) is 0.345. The molecule has 0 radical (unpaired) electrons. The molecule has 1 aliphatic heterocycles. The summed E-state index contributed by atoms with van der Waals surface area (Å²) in [7, 11) is 1.90. The van der Waals surface area contributed by atoms with E-state index in [-0.39, 0.29) is 18.1 Å². The maximum absolute atomic E-state index is 10.1. The van der Waals surface area contributed by atoms with Gasteiger partial charge in [0.25, 0.3) is 0 Å². The highest BCUT2D eigenvalue weighted by Gasteiger charge is 2.46. The molecule has 8 nitrogen and oxygen atoms in total. The van der Waals surface area contributed by atoms with Crippen molar-refractivity contribution in [3.05, 3.63) is 77.4 Å². The predicted octanol–water partition coefficient (Wildman–Crippen LogP) is 3.25. The van der Waals surface area contributed by atoms with Crippen molar-refractivity contribution in [2.75, 3.05) is 30.4 Å². The van der Waals surface area contributed by atoms with Gasteiger partial charge < -0.3 is 21.1 Å². The lowest BCUT2D eigenvalue weighted by Crippen LogP contribution is -2.45. The first-order valence-corrected chi connectivity index (χ1v) is 12.8. The number of nitrogens with two attached hydrogens (primary N) is 1. The van der Waals surface area contributed by atoms with Crippen molar-refractivity contribution in [3.8, 4) is 11.8 Å². The summed E-state index contributed by atoms with van der Waals surface area (Å²) in [5.74, 6) is 6.98. The third kappa shape index (κ3) is 4.10. The minimum absolute atomic E-state index is 0.0728. The zero-order valence-corrected chi connectivity index (χ0v) is 21.0. The van der Waals surface area contributed by atoms with E-state index < -0.39 is 0 Å². The number of nitrogens with one attached hydrogen (secondary N) is 1. The number of aromatic nitrogens is 4. The van der Waals surface area contributed by atoms with Gasteiger partial charge in [0.05, 0.1) is 24.5 Å². The van der Waals surface area contributed by atoms with Crippen LogP contribution in [0.15, 0.2) is 54.9 Å². The SMILES string of the molecule is CNc1cccc2c1cnn2CC#Cc1cnc(N2CCC3(CC2)Cc2ccccc2C3N)c(CO)n1. The van der Waals surface area contributed by atoms with Gasteiger partial charge in [-0.05, 0) is 53.9 Å². The largest absolute Gasteiger partial charge is 0.390 e. The van der Waals surface area contributed by atoms with Gasteiger partial charge >= 0.3 is 0 Å². The van der Waals surface area contributed by atoms with Crippen LogP contribution in [0.3, 0.4) is 0 Å². The van der Waals surface area contributed by atoms with E-state index in [9.17, 15) is 5.11 Å². The molecule has 2 aromatic heterocycles. The number of fused-ring (bicyclic) bond motifs is 2. The average molecular weight is 494 g/mol. The molecule has 1 fully saturated rings. The van der Waals surface area contributed by atoms with Gasteiger partial charge in [0, 0.05) is 37.3 Å². The molecule has 4 aromatic rings. The van der Waals surface area contributed by atoms with Crippen LogP contribution < -0.4 is 16.0 Å². The number of piperidine rings is 1. The van der Waals surface area contributed by atoms with Gasteiger partial charge in [0.1, 0.15) is 17.9 Å². The maximum Gasteiger partial charge on any atom is 0.152 e. The van der Waals surface area contributed by atoms with Gasteiger partial charge in [0.2, 0.25) is 0 Å². The van der Waals surface area contributed by atoms with Crippen molar-refractivity contribution in [3.63, 3.8) is 0 Å². The Morgan fingerprint density at radius 2 is 1.97 bits per heavy atom. The molecule has 2 aromatic carbocycles. The van der Waals surface area contributed by atoms with E-state index in [4.69, 9.17) is 5.73 Å². The third-order valence-corrected chi connectivity index (χ3v) is 8.03. The summed E-state index contributed by atoms with van der Waals surface area (Å²) in [6.07, 6.45) is 6.56. The lowest BCUT2D eigenvalue weighted by atomic mass is 9.73. The van der Waals surface area contributed by atoms with Gasteiger partial charge in [-0.1, -0.05) is 36.3 Å². The number of benzene rings is 2. The third-order valence-electron chi connectivity index (χ3n) is 8.03. The van der Waals surface area contributed by atoms with Crippen LogP contribution in [0.5, 0.6) is 0 Å². The maximum atomic E-state index is 10.1. The monoisotopic (exact) mass is 493 g/mol. The van der Waals surface area contributed by atoms with Crippen LogP contribution in [0.2, 0.25) is 0 Å². The molecular formula is C29H31N7O. The number of aliphatic hydroxyl groups is 1. The number of nitrogens with zero attached hydrogens (tertiary/aromatic N) is 5. The summed E-state index contributed by atoms with van der Waals surface area (Å²) in [5, 5.41) is 18.8. The topological polar surface area (TPSA) is 105 Å². The zero-order chi connectivity index (χ0) is 25.4. The Morgan fingerprint density at radius 1 is 1.14 bits per heavy atom. The number of aliphatic hydroxyl groups excluding tert-OH is 1. The lowest BCUT2D eigenvalue weighted by Gasteiger charge is -2.42. The summed E-state index contributed by atoms with van der Waals surface area (Å²) in [6, 6.07) is 14.7. The molecule has 1 saturated heterocycles. The molecule has 4 N–H and O–H groups in total. The molecule has 1 atom stereocenters. The van der Waals surface area contributed by atoms with Crippen molar-refractivity contribution in [1.82, 2.24) is 19.7 Å². The zero-order valence-electron chi connectivity index (χ0n) is 21.0. The van der Waals surface area contributed by atoms with Crippen LogP contribution in [0.25, 0.3) is 10.9 Å². The second kappa shape index (κ2) is 9.51. The minimum Gasteiger partial charge on any atom is -0.390 e. The first-order valence-electron chi connectivity index (χ1n) is 12.8. The molecule has 8 heteroatoms. The van der Waals surface area contributed by atoms with Crippen molar-refractivity contribution >= 4 is 22.4 Å². The fourth-order valence-corrected chi connectivity index (χ4v) is 5.97. The second-order valence-electron chi connectivity index (χ2n) is 9.98. The molecule has 1 spiro atoms. The normalized spacial score (nSPS) is 18.0. The van der Waals surface area contributed by atoms with Crippen molar-refractivity contribution < 1.29 is 5.11 Å². The molecule has 0 amide bonds. The molecule has 6 rings (SSSR count). The molecule has 1 aliphatic carbocycles. The summed E-state index contributed by atoms with van der Waals surface area (Å²) in [6.45, 7) is 1.94. The Hall–Kier alpha value is -3.93. The van der Waals surface area contributed by atoms with Gasteiger partial charge in [-0.3, -0.25) is 4.68 Å². The van der Waals surface area contributed by atoms with Crippen LogP contribution in [0, 0.1) is 17.3 Å². The summed E-state index contributed by atoms with van der Waals surface area (Å²) >= 11 is 0. The van der Waals surface area contributed by atoms with E-state index in [0.29, 0.717) is 17.9 Å². The summed E-state index contributed by atoms with van der Waals surface area (Å²) in [5.41, 5.74) is 12.7. The average Bonchev–Trinajstić information content (AvgIpc) is 3.48. The molecule has 188 valence electrons. The molecule has 37 heavy (non-hydrogen) atoms. The quantitative estimate of drug-likeness (QED) is 0.375. The Morgan fingerprint density at radius 3 is 2.76 bits per heavy atom. The first-order chi connectivity index (χ1) is 18.1. The fourth-order valence-electron chi connectivity index (χ4n) is 5.97. The van der Waals surface area contributed by atoms with Crippen LogP contribution in [0.4, 0.5) is 11.5 Å². The first kappa shape index (κ1) is 23.5. The Balaban J connectivity index is 1.15.